The Morgan fingerprint density at radius 1 is 1.11 bits per heavy atom. The number of alkyl halides is 2. The molecule has 8 nitrogen and oxygen atoms in total. The standard InChI is InChI=1S/C23H17F4N3O5S/c1-34-19-7-14(13-10-23(26,27)11-13)15(24)8-18(19)30-17-9-16(25)20(6-12(17)2-3-22(30)31)36(32,33)29-21-4-5-35-28-21/h2-9,13H,10-11H2,1H3,(H,28,29). The molecule has 0 unspecified atom stereocenters. The highest BCUT2D eigenvalue weighted by Crippen LogP contribution is 2.50. The first-order chi connectivity index (χ1) is 17.0. The minimum Gasteiger partial charge on any atom is -0.495 e. The number of anilines is 1. The number of hydrogen-bond donors (Lipinski definition) is 1. The van der Waals surface area contributed by atoms with Crippen molar-refractivity contribution in [3.63, 3.8) is 0 Å². The average molecular weight is 523 g/mol. The van der Waals surface area contributed by atoms with Crippen molar-refractivity contribution < 1.29 is 35.2 Å². The Labute approximate surface area is 201 Å². The molecule has 2 heterocycles. The molecule has 1 N–H and O–H groups in total. The summed E-state index contributed by atoms with van der Waals surface area (Å²) in [4.78, 5) is 12.1. The van der Waals surface area contributed by atoms with Gasteiger partial charge in [0.05, 0.1) is 18.3 Å². The maximum absolute atomic E-state index is 15.1. The Balaban J connectivity index is 1.64. The number of sulfonamides is 1. The van der Waals surface area contributed by atoms with Crippen LogP contribution in [0.15, 0.2) is 62.9 Å². The van der Waals surface area contributed by atoms with Crippen LogP contribution in [-0.4, -0.2) is 31.2 Å². The van der Waals surface area contributed by atoms with Crippen molar-refractivity contribution in [1.29, 1.82) is 0 Å². The van der Waals surface area contributed by atoms with Crippen LogP contribution in [-0.2, 0) is 10.0 Å². The van der Waals surface area contributed by atoms with E-state index in [1.807, 2.05) is 0 Å². The zero-order valence-corrected chi connectivity index (χ0v) is 19.3. The number of pyridine rings is 1. The van der Waals surface area contributed by atoms with Gasteiger partial charge in [-0.25, -0.2) is 26.0 Å². The first-order valence-electron chi connectivity index (χ1n) is 10.5. The van der Waals surface area contributed by atoms with Gasteiger partial charge in [-0.05, 0) is 29.7 Å². The normalized spacial score (nSPS) is 15.6. The summed E-state index contributed by atoms with van der Waals surface area (Å²) in [5.74, 6) is -5.76. The summed E-state index contributed by atoms with van der Waals surface area (Å²) >= 11 is 0. The van der Waals surface area contributed by atoms with E-state index in [0.717, 1.165) is 35.1 Å². The van der Waals surface area contributed by atoms with E-state index in [1.165, 1.54) is 25.3 Å². The molecule has 0 atom stereocenters. The Kier molecular flexibility index (Phi) is 5.54. The fourth-order valence-electron chi connectivity index (χ4n) is 4.24. The largest absolute Gasteiger partial charge is 0.495 e. The third-order valence-electron chi connectivity index (χ3n) is 5.98. The van der Waals surface area contributed by atoms with Crippen molar-refractivity contribution in [1.82, 2.24) is 9.72 Å². The van der Waals surface area contributed by atoms with Crippen LogP contribution in [0.1, 0.15) is 24.3 Å². The molecule has 0 radical (unpaired) electrons. The minimum absolute atomic E-state index is 0.000946. The summed E-state index contributed by atoms with van der Waals surface area (Å²) in [5, 5.41) is 3.57. The Hall–Kier alpha value is -3.87. The summed E-state index contributed by atoms with van der Waals surface area (Å²) in [6.45, 7) is 0. The minimum atomic E-state index is -4.41. The van der Waals surface area contributed by atoms with E-state index in [-0.39, 0.29) is 33.7 Å². The molecule has 0 spiro atoms. The lowest BCUT2D eigenvalue weighted by Crippen LogP contribution is -2.34. The number of aromatic nitrogens is 2. The van der Waals surface area contributed by atoms with Gasteiger partial charge in [0.1, 0.15) is 28.5 Å². The Morgan fingerprint density at radius 2 is 1.86 bits per heavy atom. The van der Waals surface area contributed by atoms with Crippen molar-refractivity contribution in [3.05, 3.63) is 76.3 Å². The van der Waals surface area contributed by atoms with Crippen molar-refractivity contribution in [2.75, 3.05) is 11.8 Å². The molecule has 2 aromatic heterocycles. The molecular weight excluding hydrogens is 506 g/mol. The topological polar surface area (TPSA) is 103 Å². The van der Waals surface area contributed by atoms with Crippen molar-refractivity contribution in [3.8, 4) is 11.4 Å². The van der Waals surface area contributed by atoms with Crippen LogP contribution in [0.2, 0.25) is 0 Å². The van der Waals surface area contributed by atoms with E-state index >= 15 is 4.39 Å². The van der Waals surface area contributed by atoms with Gasteiger partial charge in [0.25, 0.3) is 15.6 Å². The van der Waals surface area contributed by atoms with E-state index in [4.69, 9.17) is 4.74 Å². The number of ether oxygens (including phenoxy) is 1. The molecule has 4 aromatic rings. The molecule has 0 aliphatic heterocycles. The van der Waals surface area contributed by atoms with Crippen LogP contribution in [0.3, 0.4) is 0 Å². The van der Waals surface area contributed by atoms with E-state index in [9.17, 15) is 26.4 Å². The molecule has 188 valence electrons. The van der Waals surface area contributed by atoms with Crippen LogP contribution >= 0.6 is 0 Å². The third-order valence-corrected chi connectivity index (χ3v) is 7.35. The lowest BCUT2D eigenvalue weighted by molar-refractivity contribution is -0.0873. The quantitative estimate of drug-likeness (QED) is 0.371. The second-order valence-corrected chi connectivity index (χ2v) is 10.00. The molecular formula is C23H17F4N3O5S. The van der Waals surface area contributed by atoms with Crippen molar-refractivity contribution in [2.24, 2.45) is 0 Å². The molecule has 1 saturated carbocycles. The van der Waals surface area contributed by atoms with E-state index in [1.54, 1.807) is 0 Å². The van der Waals surface area contributed by atoms with Gasteiger partial charge in [-0.2, -0.15) is 0 Å². The van der Waals surface area contributed by atoms with Crippen LogP contribution in [0, 0.1) is 11.6 Å². The molecule has 1 aliphatic rings. The van der Waals surface area contributed by atoms with Gasteiger partial charge in [-0.15, -0.1) is 0 Å². The number of methoxy groups -OCH3 is 1. The van der Waals surface area contributed by atoms with Crippen LogP contribution in [0.4, 0.5) is 23.4 Å². The van der Waals surface area contributed by atoms with Crippen molar-refractivity contribution >= 4 is 26.7 Å². The first kappa shape index (κ1) is 23.9. The highest BCUT2D eigenvalue weighted by molar-refractivity contribution is 7.92. The lowest BCUT2D eigenvalue weighted by Gasteiger charge is -2.35. The predicted molar refractivity (Wildman–Crippen MR) is 120 cm³/mol. The summed E-state index contributed by atoms with van der Waals surface area (Å²) in [5.41, 5.74) is -0.829. The van der Waals surface area contributed by atoms with Gasteiger partial charge in [-0.3, -0.25) is 14.1 Å². The van der Waals surface area contributed by atoms with Gasteiger partial charge < -0.3 is 9.26 Å². The zero-order valence-electron chi connectivity index (χ0n) is 18.5. The molecule has 0 bridgehead atoms. The molecule has 1 aliphatic carbocycles. The summed E-state index contributed by atoms with van der Waals surface area (Å²) in [6, 6.07) is 7.65. The highest BCUT2D eigenvalue weighted by Gasteiger charge is 2.47. The zero-order chi connectivity index (χ0) is 25.8. The van der Waals surface area contributed by atoms with Gasteiger partial charge in [0.15, 0.2) is 5.82 Å². The van der Waals surface area contributed by atoms with Crippen LogP contribution in [0.25, 0.3) is 16.6 Å². The number of fused-ring (bicyclic) bond motifs is 1. The van der Waals surface area contributed by atoms with Crippen LogP contribution < -0.4 is 15.0 Å². The highest BCUT2D eigenvalue weighted by atomic mass is 32.2. The Bertz CT molecular complexity index is 1640. The number of hydrogen-bond acceptors (Lipinski definition) is 6. The second-order valence-electron chi connectivity index (χ2n) is 8.35. The molecule has 5 rings (SSSR count). The number of nitrogens with one attached hydrogen (secondary N) is 1. The first-order valence-corrected chi connectivity index (χ1v) is 12.0. The monoisotopic (exact) mass is 523 g/mol. The second kappa shape index (κ2) is 8.36. The average Bonchev–Trinajstić information content (AvgIpc) is 3.29. The SMILES string of the molecule is COc1cc(C2CC(F)(F)C2)c(F)cc1-n1c(=O)ccc2cc(S(=O)(=O)Nc3ccon3)c(F)cc21. The summed E-state index contributed by atoms with van der Waals surface area (Å²) in [6.07, 6.45) is 0.110. The van der Waals surface area contributed by atoms with Crippen LogP contribution in [0.5, 0.6) is 5.75 Å². The fraction of sp³-hybridized carbons (Fsp3) is 0.217. The van der Waals surface area contributed by atoms with Crippen molar-refractivity contribution in [2.45, 2.75) is 29.6 Å². The maximum atomic E-state index is 15.1. The smallest absolute Gasteiger partial charge is 0.266 e. The fourth-order valence-corrected chi connectivity index (χ4v) is 5.33. The van der Waals surface area contributed by atoms with Gasteiger partial charge in [-0.1, -0.05) is 5.16 Å². The molecule has 13 heteroatoms. The molecule has 0 amide bonds. The number of halogens is 4. The molecule has 1 fully saturated rings. The summed E-state index contributed by atoms with van der Waals surface area (Å²) in [7, 11) is -3.16. The number of nitrogens with zero attached hydrogens (tertiary/aromatic N) is 2. The van der Waals surface area contributed by atoms with Gasteiger partial charge in [0.2, 0.25) is 5.92 Å². The maximum Gasteiger partial charge on any atom is 0.266 e. The van der Waals surface area contributed by atoms with Gasteiger partial charge in [0, 0.05) is 42.5 Å². The number of benzene rings is 2. The van der Waals surface area contributed by atoms with E-state index in [2.05, 4.69) is 14.4 Å². The predicted octanol–water partition coefficient (Wildman–Crippen LogP) is 4.58. The lowest BCUT2D eigenvalue weighted by atomic mass is 9.76. The Morgan fingerprint density at radius 3 is 2.50 bits per heavy atom. The molecule has 2 aromatic carbocycles. The van der Waals surface area contributed by atoms with Gasteiger partial charge >= 0.3 is 0 Å². The van der Waals surface area contributed by atoms with E-state index in [0.29, 0.717) is 0 Å². The molecule has 0 saturated heterocycles. The molecule has 36 heavy (non-hydrogen) atoms. The van der Waals surface area contributed by atoms with E-state index < -0.39 is 56.8 Å². The number of rotatable bonds is 6. The third kappa shape index (κ3) is 4.08. The summed E-state index contributed by atoms with van der Waals surface area (Å²) < 4.78 is 95.0.